The Hall–Kier alpha value is -3.24. The number of rotatable bonds is 1. The highest BCUT2D eigenvalue weighted by Gasteiger charge is 2.63. The number of nitrogens with zero attached hydrogens (tertiary/aromatic N) is 3. The third kappa shape index (κ3) is 2.22. The number of benzene rings is 1. The number of hydrogen-bond donors (Lipinski definition) is 0. The molecule has 1 aromatic carbocycles. The molecule has 0 N–H and O–H groups in total. The van der Waals surface area contributed by atoms with Gasteiger partial charge in [0.2, 0.25) is 11.3 Å². The van der Waals surface area contributed by atoms with Gasteiger partial charge in [0.15, 0.2) is 0 Å². The highest BCUT2D eigenvalue weighted by Crippen LogP contribution is 2.55. The summed E-state index contributed by atoms with van der Waals surface area (Å²) in [5.74, 6) is -0.629. The summed E-state index contributed by atoms with van der Waals surface area (Å²) in [5, 5.41) is 8.92. The van der Waals surface area contributed by atoms with E-state index in [0.29, 0.717) is 0 Å². The Kier molecular flexibility index (Phi) is 3.87. The van der Waals surface area contributed by atoms with Crippen molar-refractivity contribution >= 4 is 0 Å². The normalized spacial score (nSPS) is 22.7. The van der Waals surface area contributed by atoms with E-state index in [9.17, 15) is 13.2 Å². The van der Waals surface area contributed by atoms with Crippen LogP contribution in [0.25, 0.3) is 9.69 Å². The summed E-state index contributed by atoms with van der Waals surface area (Å²) in [6.45, 7) is 15.1. The van der Waals surface area contributed by atoms with Gasteiger partial charge in [-0.1, -0.05) is 30.3 Å². The summed E-state index contributed by atoms with van der Waals surface area (Å²) in [6, 6.07) is 8.31. The predicted molar refractivity (Wildman–Crippen MR) is 73.8 cm³/mol. The van der Waals surface area contributed by atoms with E-state index in [1.807, 2.05) is 0 Å². The van der Waals surface area contributed by atoms with Crippen LogP contribution in [0.15, 0.2) is 53.1 Å². The molecular weight excluding hydrogens is 307 g/mol. The Morgan fingerprint density at radius 1 is 1.26 bits per heavy atom. The zero-order chi connectivity index (χ0) is 17.3. The monoisotopic (exact) mass is 315 g/mol. The standard InChI is InChI=1S/C16H8F3N3O/c1-10-13(22-3)14(12(9-20)21-2)23-15(10,16(17,18)19)11-7-5-4-6-8-11/h4-8H,1H3/b14-12+. The van der Waals surface area contributed by atoms with Gasteiger partial charge in [0.05, 0.1) is 19.2 Å². The van der Waals surface area contributed by atoms with Crippen molar-refractivity contribution in [2.75, 3.05) is 0 Å². The summed E-state index contributed by atoms with van der Waals surface area (Å²) in [4.78, 5) is 5.91. The molecule has 0 fully saturated rings. The lowest BCUT2D eigenvalue weighted by atomic mass is 9.86. The van der Waals surface area contributed by atoms with Gasteiger partial charge in [0, 0.05) is 5.56 Å². The van der Waals surface area contributed by atoms with Gasteiger partial charge in [-0.2, -0.15) is 13.2 Å². The molecule has 0 saturated heterocycles. The molecule has 0 radical (unpaired) electrons. The first kappa shape index (κ1) is 16.1. The van der Waals surface area contributed by atoms with E-state index in [4.69, 9.17) is 23.1 Å². The number of nitriles is 1. The molecule has 4 nitrogen and oxygen atoms in total. The van der Waals surface area contributed by atoms with E-state index in [1.165, 1.54) is 30.3 Å². The maximum Gasteiger partial charge on any atom is 0.435 e. The minimum atomic E-state index is -4.88. The smallest absolute Gasteiger partial charge is 0.435 e. The van der Waals surface area contributed by atoms with Crippen LogP contribution in [0.2, 0.25) is 0 Å². The summed E-state index contributed by atoms with van der Waals surface area (Å²) in [5.41, 5.74) is -4.63. The average Bonchev–Trinajstić information content (AvgIpc) is 2.83. The highest BCUT2D eigenvalue weighted by atomic mass is 19.4. The molecule has 0 aromatic heterocycles. The van der Waals surface area contributed by atoms with E-state index in [1.54, 1.807) is 6.07 Å². The molecule has 1 aliphatic heterocycles. The predicted octanol–water partition coefficient (Wildman–Crippen LogP) is 4.32. The van der Waals surface area contributed by atoms with Crippen molar-refractivity contribution in [1.82, 2.24) is 0 Å². The van der Waals surface area contributed by atoms with Gasteiger partial charge >= 0.3 is 6.18 Å². The second-order valence-electron chi connectivity index (χ2n) is 4.63. The first-order chi connectivity index (χ1) is 10.8. The Labute approximate surface area is 130 Å². The van der Waals surface area contributed by atoms with E-state index < -0.39 is 34.5 Å². The fourth-order valence-electron chi connectivity index (χ4n) is 2.42. The molecule has 1 unspecified atom stereocenters. The molecule has 1 atom stereocenters. The van der Waals surface area contributed by atoms with E-state index in [2.05, 4.69) is 9.69 Å². The van der Waals surface area contributed by atoms with Crippen LogP contribution < -0.4 is 0 Å². The second kappa shape index (κ2) is 5.51. The molecule has 1 aliphatic rings. The fraction of sp³-hybridized carbons (Fsp3) is 0.188. The average molecular weight is 315 g/mol. The van der Waals surface area contributed by atoms with Crippen LogP contribution >= 0.6 is 0 Å². The molecule has 0 amide bonds. The summed E-state index contributed by atoms with van der Waals surface area (Å²) in [6.07, 6.45) is -4.88. The van der Waals surface area contributed by atoms with Gasteiger partial charge in [-0.3, -0.25) is 0 Å². The van der Waals surface area contributed by atoms with Crippen LogP contribution in [0, 0.1) is 24.5 Å². The van der Waals surface area contributed by atoms with Crippen molar-refractivity contribution in [3.63, 3.8) is 0 Å². The molecule has 7 heteroatoms. The van der Waals surface area contributed by atoms with Gasteiger partial charge in [-0.15, -0.1) is 0 Å². The zero-order valence-electron chi connectivity index (χ0n) is 11.8. The van der Waals surface area contributed by atoms with Crippen LogP contribution in [0.5, 0.6) is 0 Å². The molecule has 2 rings (SSSR count). The van der Waals surface area contributed by atoms with Crippen molar-refractivity contribution in [2.45, 2.75) is 18.7 Å². The van der Waals surface area contributed by atoms with Crippen LogP contribution in [0.3, 0.4) is 0 Å². The van der Waals surface area contributed by atoms with Gasteiger partial charge in [0.1, 0.15) is 5.76 Å². The van der Waals surface area contributed by atoms with E-state index in [0.717, 1.165) is 6.92 Å². The number of hydrogen-bond acceptors (Lipinski definition) is 2. The van der Waals surface area contributed by atoms with Gasteiger partial charge < -0.3 is 4.74 Å². The minimum Gasteiger partial charge on any atom is -0.491 e. The van der Waals surface area contributed by atoms with Gasteiger partial charge in [-0.25, -0.2) is 15.0 Å². The lowest BCUT2D eigenvalue weighted by Crippen LogP contribution is -2.43. The second-order valence-corrected chi connectivity index (χ2v) is 4.63. The third-order valence-corrected chi connectivity index (χ3v) is 3.48. The Balaban J connectivity index is 2.87. The third-order valence-electron chi connectivity index (χ3n) is 3.48. The maximum absolute atomic E-state index is 13.9. The molecule has 0 spiro atoms. The molecule has 114 valence electrons. The van der Waals surface area contributed by atoms with Crippen LogP contribution in [0.1, 0.15) is 12.5 Å². The summed E-state index contributed by atoms with van der Waals surface area (Å²) < 4.78 is 46.7. The molecule has 0 saturated carbocycles. The Bertz CT molecular complexity index is 817. The number of halogens is 3. The van der Waals surface area contributed by atoms with Crippen molar-refractivity contribution in [2.24, 2.45) is 0 Å². The van der Waals surface area contributed by atoms with Crippen molar-refractivity contribution < 1.29 is 17.9 Å². The molecule has 1 heterocycles. The SMILES string of the molecule is [C-]#[N+]C1=C(C)C(c2ccccc2)(C(F)(F)F)O/C1=C(\C#N)[N+]#[C-]. The van der Waals surface area contributed by atoms with Crippen LogP contribution in [0.4, 0.5) is 13.2 Å². The molecule has 1 aromatic rings. The van der Waals surface area contributed by atoms with E-state index in [-0.39, 0.29) is 5.56 Å². The van der Waals surface area contributed by atoms with Gasteiger partial charge in [0.25, 0.3) is 5.70 Å². The first-order valence-electron chi connectivity index (χ1n) is 6.25. The summed E-state index contributed by atoms with van der Waals surface area (Å²) in [7, 11) is 0. The van der Waals surface area contributed by atoms with Crippen molar-refractivity contribution in [1.29, 1.82) is 5.26 Å². The number of allylic oxidation sites excluding steroid dienone is 1. The molecule has 0 aliphatic carbocycles. The molecule has 0 bridgehead atoms. The van der Waals surface area contributed by atoms with Gasteiger partial charge in [-0.05, 0) is 12.5 Å². The Morgan fingerprint density at radius 2 is 1.87 bits per heavy atom. The van der Waals surface area contributed by atoms with Crippen LogP contribution in [-0.2, 0) is 10.3 Å². The van der Waals surface area contributed by atoms with Crippen molar-refractivity contribution in [3.8, 4) is 6.07 Å². The maximum atomic E-state index is 13.9. The largest absolute Gasteiger partial charge is 0.491 e. The lowest BCUT2D eigenvalue weighted by Gasteiger charge is -2.34. The number of alkyl halides is 3. The highest BCUT2D eigenvalue weighted by molar-refractivity contribution is 5.55. The molecule has 23 heavy (non-hydrogen) atoms. The topological polar surface area (TPSA) is 41.7 Å². The fourth-order valence-corrected chi connectivity index (χ4v) is 2.42. The van der Waals surface area contributed by atoms with Crippen LogP contribution in [-0.4, -0.2) is 6.18 Å². The summed E-state index contributed by atoms with van der Waals surface area (Å²) >= 11 is 0. The minimum absolute atomic E-state index is 0.219. The molecular formula is C16H8F3N3O. The Morgan fingerprint density at radius 3 is 2.30 bits per heavy atom. The van der Waals surface area contributed by atoms with E-state index >= 15 is 0 Å². The lowest BCUT2D eigenvalue weighted by molar-refractivity contribution is -0.250. The first-order valence-corrected chi connectivity index (χ1v) is 6.25. The van der Waals surface area contributed by atoms with Crippen molar-refractivity contribution in [3.05, 3.63) is 81.5 Å². The number of ether oxygens (including phenoxy) is 1. The zero-order valence-corrected chi connectivity index (χ0v) is 11.8. The quantitative estimate of drug-likeness (QED) is 0.572.